The first kappa shape index (κ1) is 18.4. The molecule has 1 atom stereocenters. The minimum absolute atomic E-state index is 0.119. The van der Waals surface area contributed by atoms with Crippen LogP contribution >= 0.6 is 0 Å². The molecular formula is C18H25FN2O3. The number of amides is 1. The largest absolute Gasteiger partial charge is 0.481 e. The summed E-state index contributed by atoms with van der Waals surface area (Å²) < 4.78 is 13.1. The highest BCUT2D eigenvalue weighted by molar-refractivity contribution is 5.83. The van der Waals surface area contributed by atoms with Gasteiger partial charge in [-0.05, 0) is 63.4 Å². The highest BCUT2D eigenvalue weighted by Crippen LogP contribution is 2.28. The maximum absolute atomic E-state index is 13.1. The second-order valence-electron chi connectivity index (χ2n) is 6.72. The zero-order chi connectivity index (χ0) is 17.7. The fraction of sp³-hybridized carbons (Fsp3) is 0.556. The quantitative estimate of drug-likeness (QED) is 0.837. The van der Waals surface area contributed by atoms with Gasteiger partial charge in [0.2, 0.25) is 5.91 Å². The van der Waals surface area contributed by atoms with Crippen molar-refractivity contribution < 1.29 is 19.1 Å². The molecule has 1 amide bonds. The van der Waals surface area contributed by atoms with Crippen LogP contribution in [-0.2, 0) is 9.59 Å². The van der Waals surface area contributed by atoms with Crippen LogP contribution in [0, 0.1) is 17.7 Å². The molecule has 1 aliphatic carbocycles. The highest BCUT2D eigenvalue weighted by atomic mass is 19.1. The molecular weight excluding hydrogens is 311 g/mol. The Morgan fingerprint density at radius 3 is 2.29 bits per heavy atom. The van der Waals surface area contributed by atoms with E-state index >= 15 is 0 Å². The normalized spacial score (nSPS) is 22.2. The first-order valence-corrected chi connectivity index (χ1v) is 8.31. The van der Waals surface area contributed by atoms with Gasteiger partial charge < -0.3 is 10.4 Å². The fourth-order valence-corrected chi connectivity index (χ4v) is 3.28. The van der Waals surface area contributed by atoms with Gasteiger partial charge in [0.05, 0.1) is 5.92 Å². The Hall–Kier alpha value is -1.95. The molecule has 0 saturated heterocycles. The van der Waals surface area contributed by atoms with Crippen LogP contribution in [0.4, 0.5) is 4.39 Å². The first-order valence-electron chi connectivity index (χ1n) is 8.31. The van der Waals surface area contributed by atoms with Crippen LogP contribution in [0.1, 0.15) is 37.3 Å². The van der Waals surface area contributed by atoms with Crippen molar-refractivity contribution in [3.63, 3.8) is 0 Å². The third-order valence-electron chi connectivity index (χ3n) is 4.71. The van der Waals surface area contributed by atoms with E-state index in [1.54, 1.807) is 17.0 Å². The van der Waals surface area contributed by atoms with Crippen molar-refractivity contribution in [2.24, 2.45) is 11.8 Å². The van der Waals surface area contributed by atoms with Crippen molar-refractivity contribution in [3.8, 4) is 0 Å². The first-order chi connectivity index (χ1) is 11.4. The molecule has 132 valence electrons. The van der Waals surface area contributed by atoms with E-state index in [4.69, 9.17) is 5.11 Å². The van der Waals surface area contributed by atoms with Crippen LogP contribution in [0.15, 0.2) is 24.3 Å². The number of likely N-dealkylation sites (N-methyl/N-ethyl adjacent to an activating group) is 1. The Labute approximate surface area is 141 Å². The third kappa shape index (κ3) is 4.77. The number of aliphatic carboxylic acids is 1. The van der Waals surface area contributed by atoms with Crippen molar-refractivity contribution in [2.75, 3.05) is 20.6 Å². The number of carboxylic acid groups (broad SMARTS) is 1. The van der Waals surface area contributed by atoms with Crippen molar-refractivity contribution in [1.82, 2.24) is 10.2 Å². The zero-order valence-electron chi connectivity index (χ0n) is 14.2. The van der Waals surface area contributed by atoms with Crippen LogP contribution in [0.5, 0.6) is 0 Å². The molecule has 0 heterocycles. The lowest BCUT2D eigenvalue weighted by Crippen LogP contribution is -2.40. The predicted octanol–water partition coefficient (Wildman–Crippen LogP) is 2.44. The molecule has 0 radical (unpaired) electrons. The molecule has 1 fully saturated rings. The maximum Gasteiger partial charge on any atom is 0.306 e. The summed E-state index contributed by atoms with van der Waals surface area (Å²) in [6, 6.07) is 5.48. The van der Waals surface area contributed by atoms with Gasteiger partial charge in [0, 0.05) is 6.54 Å². The van der Waals surface area contributed by atoms with E-state index in [1.807, 2.05) is 14.1 Å². The summed E-state index contributed by atoms with van der Waals surface area (Å²) in [4.78, 5) is 25.3. The van der Waals surface area contributed by atoms with Gasteiger partial charge in [0.25, 0.3) is 0 Å². The highest BCUT2D eigenvalue weighted by Gasteiger charge is 2.27. The average Bonchev–Trinajstić information content (AvgIpc) is 2.55. The molecule has 2 rings (SSSR count). The summed E-state index contributed by atoms with van der Waals surface area (Å²) in [5.74, 6) is -1.09. The number of carbonyl (C=O) groups is 2. The lowest BCUT2D eigenvalue weighted by atomic mass is 9.82. The number of benzene rings is 1. The van der Waals surface area contributed by atoms with E-state index in [9.17, 15) is 14.0 Å². The van der Waals surface area contributed by atoms with Crippen LogP contribution in [0.3, 0.4) is 0 Å². The van der Waals surface area contributed by atoms with Crippen molar-refractivity contribution in [1.29, 1.82) is 0 Å². The van der Waals surface area contributed by atoms with E-state index in [1.165, 1.54) is 12.1 Å². The summed E-state index contributed by atoms with van der Waals surface area (Å²) in [5.41, 5.74) is 0.744. The molecule has 0 aliphatic heterocycles. The van der Waals surface area contributed by atoms with Crippen molar-refractivity contribution in [3.05, 3.63) is 35.6 Å². The Morgan fingerprint density at radius 1 is 1.21 bits per heavy atom. The van der Waals surface area contributed by atoms with E-state index in [-0.39, 0.29) is 17.6 Å². The molecule has 0 spiro atoms. The van der Waals surface area contributed by atoms with Gasteiger partial charge in [-0.3, -0.25) is 14.5 Å². The molecule has 5 nitrogen and oxygen atoms in total. The third-order valence-corrected chi connectivity index (χ3v) is 4.71. The molecule has 0 bridgehead atoms. The average molecular weight is 336 g/mol. The van der Waals surface area contributed by atoms with Gasteiger partial charge in [0.1, 0.15) is 11.9 Å². The van der Waals surface area contributed by atoms with E-state index < -0.39 is 12.0 Å². The lowest BCUT2D eigenvalue weighted by molar-refractivity contribution is -0.143. The van der Waals surface area contributed by atoms with Crippen LogP contribution < -0.4 is 5.32 Å². The topological polar surface area (TPSA) is 69.6 Å². The predicted molar refractivity (Wildman–Crippen MR) is 88.9 cm³/mol. The number of nitrogens with zero attached hydrogens (tertiary/aromatic N) is 1. The smallest absolute Gasteiger partial charge is 0.306 e. The molecule has 24 heavy (non-hydrogen) atoms. The van der Waals surface area contributed by atoms with E-state index in [0.29, 0.717) is 25.3 Å². The van der Waals surface area contributed by atoms with Crippen LogP contribution in [-0.4, -0.2) is 42.5 Å². The van der Waals surface area contributed by atoms with Gasteiger partial charge in [-0.1, -0.05) is 12.1 Å². The number of carboxylic acids is 1. The van der Waals surface area contributed by atoms with E-state index in [2.05, 4.69) is 5.32 Å². The molecule has 1 aromatic carbocycles. The van der Waals surface area contributed by atoms with Crippen molar-refractivity contribution in [2.45, 2.75) is 31.7 Å². The Kier molecular flexibility index (Phi) is 6.31. The molecule has 0 unspecified atom stereocenters. The zero-order valence-corrected chi connectivity index (χ0v) is 14.2. The molecule has 0 aromatic heterocycles. The summed E-state index contributed by atoms with van der Waals surface area (Å²) in [6.45, 7) is 0.552. The Balaban J connectivity index is 1.90. The minimum atomic E-state index is -0.721. The standard InChI is InChI=1S/C18H25FN2O3/c1-21(2)16(13-7-9-15(19)10-8-13)17(22)20-11-12-3-5-14(6-4-12)18(23)24/h7-10,12,14,16H,3-6,11H2,1-2H3,(H,20,22)(H,23,24)/t12?,14?,16-/m0/s1. The van der Waals surface area contributed by atoms with Crippen LogP contribution in [0.25, 0.3) is 0 Å². The summed E-state index contributed by atoms with van der Waals surface area (Å²) in [7, 11) is 3.62. The number of nitrogens with one attached hydrogen (secondary N) is 1. The number of rotatable bonds is 6. The second-order valence-corrected chi connectivity index (χ2v) is 6.72. The van der Waals surface area contributed by atoms with Gasteiger partial charge in [-0.15, -0.1) is 0 Å². The molecule has 1 aliphatic rings. The molecule has 1 saturated carbocycles. The summed E-state index contributed by atoms with van der Waals surface area (Å²) in [5, 5.41) is 12.0. The number of hydrogen-bond donors (Lipinski definition) is 2. The molecule has 1 aromatic rings. The van der Waals surface area contributed by atoms with Gasteiger partial charge in [-0.25, -0.2) is 4.39 Å². The molecule has 6 heteroatoms. The SMILES string of the molecule is CN(C)[C@H](C(=O)NCC1CCC(C(=O)O)CC1)c1ccc(F)cc1. The fourth-order valence-electron chi connectivity index (χ4n) is 3.28. The number of carbonyl (C=O) groups excluding carboxylic acids is 1. The second kappa shape index (κ2) is 8.24. The Morgan fingerprint density at radius 2 is 1.79 bits per heavy atom. The van der Waals surface area contributed by atoms with E-state index in [0.717, 1.165) is 18.4 Å². The van der Waals surface area contributed by atoms with Gasteiger partial charge in [-0.2, -0.15) is 0 Å². The summed E-state index contributed by atoms with van der Waals surface area (Å²) in [6.07, 6.45) is 2.98. The van der Waals surface area contributed by atoms with Gasteiger partial charge in [0.15, 0.2) is 0 Å². The van der Waals surface area contributed by atoms with Crippen LogP contribution in [0.2, 0.25) is 0 Å². The number of halogens is 1. The number of hydrogen-bond acceptors (Lipinski definition) is 3. The maximum atomic E-state index is 13.1. The summed E-state index contributed by atoms with van der Waals surface area (Å²) >= 11 is 0. The monoisotopic (exact) mass is 336 g/mol. The Bertz CT molecular complexity index is 566. The molecule has 2 N–H and O–H groups in total. The van der Waals surface area contributed by atoms with Gasteiger partial charge >= 0.3 is 5.97 Å². The van der Waals surface area contributed by atoms with Crippen molar-refractivity contribution >= 4 is 11.9 Å². The minimum Gasteiger partial charge on any atom is -0.481 e. The lowest BCUT2D eigenvalue weighted by Gasteiger charge is -2.28.